The van der Waals surface area contributed by atoms with Gasteiger partial charge in [0.1, 0.15) is 23.3 Å². The quantitative estimate of drug-likeness (QED) is 0.331. The van der Waals surface area contributed by atoms with Crippen molar-refractivity contribution in [1.82, 2.24) is 9.55 Å². The first-order valence-corrected chi connectivity index (χ1v) is 13.9. The number of anilines is 2. The highest BCUT2D eigenvalue weighted by molar-refractivity contribution is 6.12. The maximum atomic E-state index is 17.0. The van der Waals surface area contributed by atoms with Crippen molar-refractivity contribution in [3.8, 4) is 22.6 Å². The molecule has 0 unspecified atom stereocenters. The summed E-state index contributed by atoms with van der Waals surface area (Å²) < 4.78 is 34.3. The molecule has 212 valence electrons. The molecule has 1 N–H and O–H groups in total. The fourth-order valence-electron chi connectivity index (χ4n) is 6.46. The van der Waals surface area contributed by atoms with Crippen molar-refractivity contribution >= 4 is 28.2 Å². The highest BCUT2D eigenvalue weighted by Gasteiger charge is 2.43. The number of para-hydroxylation sites is 1. The molecular formula is C32H32F2N4O3. The first-order chi connectivity index (χ1) is 19.5. The Morgan fingerprint density at radius 2 is 1.78 bits per heavy atom. The van der Waals surface area contributed by atoms with Crippen LogP contribution in [0.5, 0.6) is 5.75 Å². The molecule has 0 saturated carbocycles. The summed E-state index contributed by atoms with van der Waals surface area (Å²) in [6.45, 7) is 8.20. The number of hydrogen-bond acceptors (Lipinski definition) is 5. The molecule has 1 amide bonds. The minimum atomic E-state index is -0.972. The van der Waals surface area contributed by atoms with Crippen LogP contribution < -0.4 is 15.4 Å². The lowest BCUT2D eigenvalue weighted by molar-refractivity contribution is -0.120. The second-order valence-electron chi connectivity index (χ2n) is 11.6. The Labute approximate surface area is 236 Å². The topological polar surface area (TPSA) is 78.7 Å². The van der Waals surface area contributed by atoms with E-state index in [1.807, 2.05) is 25.7 Å². The van der Waals surface area contributed by atoms with Crippen molar-refractivity contribution in [1.29, 1.82) is 0 Å². The number of aromatic hydroxyl groups is 1. The Balaban J connectivity index is 1.85. The SMILES string of the molecule is Cc1ccnc(C(C)C)c1-n1c(=O)c2c(c3cc(F)c(-c4ccccc4O)c(F)c31)N1C[C@@H](C)CC[C@@H]1C(=O)N2C. The van der Waals surface area contributed by atoms with Crippen LogP contribution in [0.4, 0.5) is 20.2 Å². The van der Waals surface area contributed by atoms with Gasteiger partial charge in [-0.05, 0) is 55.4 Å². The van der Waals surface area contributed by atoms with Gasteiger partial charge in [0.2, 0.25) is 5.91 Å². The van der Waals surface area contributed by atoms with Crippen LogP contribution in [-0.2, 0) is 4.79 Å². The van der Waals surface area contributed by atoms with E-state index in [1.54, 1.807) is 31.4 Å². The van der Waals surface area contributed by atoms with Crippen molar-refractivity contribution in [3.05, 3.63) is 75.8 Å². The molecule has 41 heavy (non-hydrogen) atoms. The van der Waals surface area contributed by atoms with Crippen LogP contribution in [0, 0.1) is 24.5 Å². The molecule has 2 aromatic heterocycles. The molecule has 2 atom stereocenters. The molecular weight excluding hydrogens is 526 g/mol. The number of amides is 1. The molecule has 6 rings (SSSR count). The van der Waals surface area contributed by atoms with Crippen LogP contribution >= 0.6 is 0 Å². The molecule has 0 radical (unpaired) electrons. The fraction of sp³-hybridized carbons (Fsp3) is 0.344. The third-order valence-corrected chi connectivity index (χ3v) is 8.46. The van der Waals surface area contributed by atoms with Gasteiger partial charge in [-0.3, -0.25) is 19.1 Å². The number of hydrogen-bond donors (Lipinski definition) is 1. The second kappa shape index (κ2) is 9.68. The molecule has 2 aliphatic rings. The molecule has 0 spiro atoms. The maximum Gasteiger partial charge on any atom is 0.281 e. The van der Waals surface area contributed by atoms with E-state index >= 15 is 8.78 Å². The molecule has 1 saturated heterocycles. The monoisotopic (exact) mass is 558 g/mol. The zero-order chi connectivity index (χ0) is 29.3. The van der Waals surface area contributed by atoms with Gasteiger partial charge in [0.15, 0.2) is 5.82 Å². The van der Waals surface area contributed by atoms with E-state index < -0.39 is 28.8 Å². The van der Waals surface area contributed by atoms with Crippen LogP contribution in [0.15, 0.2) is 47.4 Å². The smallest absolute Gasteiger partial charge is 0.281 e. The number of nitrogens with zero attached hydrogens (tertiary/aromatic N) is 4. The van der Waals surface area contributed by atoms with Crippen LogP contribution in [0.3, 0.4) is 0 Å². The molecule has 1 fully saturated rings. The summed E-state index contributed by atoms with van der Waals surface area (Å²) in [7, 11) is 1.55. The summed E-state index contributed by atoms with van der Waals surface area (Å²) in [6, 6.07) is 8.39. The standard InChI is InChI=1S/C32H32F2N4O3/c1-16(2)26-27(18(4)12-13-35-26)38-28-20(14-21(33)24(25(28)34)19-8-6-7-9-23(19)39)29-30(32(38)41)36(5)31(40)22-11-10-17(3)15-37(22)29/h6-9,12-14,16-17,22,39H,10-11,15H2,1-5H3/t17-,22+/m0/s1. The number of fused-ring (bicyclic) bond motifs is 5. The van der Waals surface area contributed by atoms with Gasteiger partial charge in [-0.25, -0.2) is 8.78 Å². The Hall–Kier alpha value is -4.27. The molecule has 2 aromatic carbocycles. The second-order valence-corrected chi connectivity index (χ2v) is 11.6. The van der Waals surface area contributed by atoms with Gasteiger partial charge in [0.25, 0.3) is 5.56 Å². The number of halogens is 2. The largest absolute Gasteiger partial charge is 0.507 e. The number of aryl methyl sites for hydroxylation is 1. The van der Waals surface area contributed by atoms with Gasteiger partial charge < -0.3 is 14.9 Å². The van der Waals surface area contributed by atoms with E-state index in [0.717, 1.165) is 6.42 Å². The predicted molar refractivity (Wildman–Crippen MR) is 156 cm³/mol. The summed E-state index contributed by atoms with van der Waals surface area (Å²) in [5.41, 5.74) is 0.908. The van der Waals surface area contributed by atoms with Gasteiger partial charge in [-0.1, -0.05) is 39.0 Å². The Morgan fingerprint density at radius 3 is 2.49 bits per heavy atom. The number of benzene rings is 2. The minimum Gasteiger partial charge on any atom is -0.507 e. The number of likely N-dealkylation sites (N-methyl/N-ethyl adjacent to an activating group) is 1. The summed E-state index contributed by atoms with van der Waals surface area (Å²) in [4.78, 5) is 35.9. The summed E-state index contributed by atoms with van der Waals surface area (Å²) in [5, 5.41) is 10.7. The number of aromatic nitrogens is 2. The molecule has 7 nitrogen and oxygen atoms in total. The lowest BCUT2D eigenvalue weighted by Crippen LogP contribution is -2.57. The summed E-state index contributed by atoms with van der Waals surface area (Å²) in [6.07, 6.45) is 3.05. The lowest BCUT2D eigenvalue weighted by atomic mass is 9.89. The summed E-state index contributed by atoms with van der Waals surface area (Å²) >= 11 is 0. The molecule has 4 heterocycles. The zero-order valence-electron chi connectivity index (χ0n) is 23.7. The molecule has 0 bridgehead atoms. The molecule has 0 aliphatic carbocycles. The average molecular weight is 559 g/mol. The van der Waals surface area contributed by atoms with Gasteiger partial charge >= 0.3 is 0 Å². The first-order valence-electron chi connectivity index (χ1n) is 13.9. The number of carbonyl (C=O) groups excluding carboxylic acids is 1. The van der Waals surface area contributed by atoms with Gasteiger partial charge in [-0.15, -0.1) is 0 Å². The highest BCUT2D eigenvalue weighted by Crippen LogP contribution is 2.46. The number of pyridine rings is 2. The highest BCUT2D eigenvalue weighted by atomic mass is 19.1. The predicted octanol–water partition coefficient (Wildman–Crippen LogP) is 6.05. The van der Waals surface area contributed by atoms with E-state index in [0.29, 0.717) is 35.6 Å². The normalized spacial score (nSPS) is 18.7. The lowest BCUT2D eigenvalue weighted by Gasteiger charge is -2.46. The van der Waals surface area contributed by atoms with E-state index in [4.69, 9.17) is 0 Å². The van der Waals surface area contributed by atoms with Crippen LogP contribution in [-0.4, -0.2) is 40.2 Å². The van der Waals surface area contributed by atoms with E-state index in [9.17, 15) is 14.7 Å². The third-order valence-electron chi connectivity index (χ3n) is 8.46. The van der Waals surface area contributed by atoms with Gasteiger partial charge in [0.05, 0.1) is 28.1 Å². The van der Waals surface area contributed by atoms with Crippen LogP contribution in [0.25, 0.3) is 27.7 Å². The number of phenolic OH excluding ortho intramolecular Hbond substituents is 1. The number of phenols is 1. The van der Waals surface area contributed by atoms with Crippen LogP contribution in [0.1, 0.15) is 50.8 Å². The Morgan fingerprint density at radius 1 is 1.05 bits per heavy atom. The maximum absolute atomic E-state index is 17.0. The Kier molecular flexibility index (Phi) is 6.36. The third kappa shape index (κ3) is 3.93. The summed E-state index contributed by atoms with van der Waals surface area (Å²) in [5.74, 6) is -2.26. The Bertz CT molecular complexity index is 1800. The average Bonchev–Trinajstić information content (AvgIpc) is 2.92. The van der Waals surface area contributed by atoms with Crippen molar-refractivity contribution in [3.63, 3.8) is 0 Å². The van der Waals surface area contributed by atoms with E-state index in [2.05, 4.69) is 11.9 Å². The van der Waals surface area contributed by atoms with Crippen molar-refractivity contribution in [2.45, 2.75) is 52.5 Å². The zero-order valence-corrected chi connectivity index (χ0v) is 23.7. The van der Waals surface area contributed by atoms with Crippen LogP contribution in [0.2, 0.25) is 0 Å². The van der Waals surface area contributed by atoms with Crippen molar-refractivity contribution < 1.29 is 18.7 Å². The minimum absolute atomic E-state index is 0.0233. The van der Waals surface area contributed by atoms with E-state index in [1.165, 1.54) is 27.7 Å². The van der Waals surface area contributed by atoms with E-state index in [-0.39, 0.29) is 45.6 Å². The van der Waals surface area contributed by atoms with Gasteiger partial charge in [-0.2, -0.15) is 0 Å². The van der Waals surface area contributed by atoms with Crippen molar-refractivity contribution in [2.24, 2.45) is 5.92 Å². The number of rotatable bonds is 3. The molecule has 4 aromatic rings. The first kappa shape index (κ1) is 26.9. The van der Waals surface area contributed by atoms with Gasteiger partial charge in [0, 0.05) is 30.7 Å². The number of carbonyl (C=O) groups is 1. The van der Waals surface area contributed by atoms with Crippen molar-refractivity contribution in [2.75, 3.05) is 23.4 Å². The fourth-order valence-corrected chi connectivity index (χ4v) is 6.46. The number of piperidine rings is 1. The molecule has 2 aliphatic heterocycles. The molecule has 9 heteroatoms.